The van der Waals surface area contributed by atoms with Crippen molar-refractivity contribution in [3.8, 4) is 0 Å². The van der Waals surface area contributed by atoms with Crippen LogP contribution >= 0.6 is 0 Å². The molecule has 1 aromatic carbocycles. The summed E-state index contributed by atoms with van der Waals surface area (Å²) in [5.41, 5.74) is 1.57. The number of benzene rings is 1. The molecule has 0 amide bonds. The fourth-order valence-electron chi connectivity index (χ4n) is 2.75. The van der Waals surface area contributed by atoms with E-state index in [0.717, 1.165) is 13.0 Å². The Morgan fingerprint density at radius 1 is 1.06 bits per heavy atom. The fraction of sp³-hybridized carbons (Fsp3) is 0.571. The highest BCUT2D eigenvalue weighted by Gasteiger charge is 2.54. The van der Waals surface area contributed by atoms with Crippen LogP contribution in [-0.4, -0.2) is 17.3 Å². The van der Waals surface area contributed by atoms with E-state index in [2.05, 4.69) is 35.4 Å². The third-order valence-corrected chi connectivity index (χ3v) is 3.78. The van der Waals surface area contributed by atoms with Crippen LogP contribution in [0, 0.1) is 0 Å². The molecule has 1 spiro atoms. The normalized spacial score (nSPS) is 26.9. The van der Waals surface area contributed by atoms with Crippen molar-refractivity contribution in [3.63, 3.8) is 0 Å². The van der Waals surface area contributed by atoms with Gasteiger partial charge < -0.3 is 0 Å². The van der Waals surface area contributed by atoms with Gasteiger partial charge in [0.25, 0.3) is 0 Å². The van der Waals surface area contributed by atoms with Gasteiger partial charge in [-0.1, -0.05) is 36.8 Å². The molecule has 1 unspecified atom stereocenters. The highest BCUT2D eigenvalue weighted by Crippen LogP contribution is 2.46. The molecule has 1 aliphatic heterocycles. The maximum absolute atomic E-state index is 5.80. The van der Waals surface area contributed by atoms with Gasteiger partial charge in [-0.3, -0.25) is 4.84 Å². The Morgan fingerprint density at radius 2 is 1.81 bits per heavy atom. The lowest BCUT2D eigenvalue weighted by Gasteiger charge is -2.17. The van der Waals surface area contributed by atoms with Gasteiger partial charge in [0.1, 0.15) is 0 Å². The fourth-order valence-corrected chi connectivity index (χ4v) is 2.75. The molecular weight excluding hydrogens is 198 g/mol. The molecule has 2 fully saturated rings. The molecule has 1 saturated carbocycles. The number of hydroxylamine groups is 2. The summed E-state index contributed by atoms with van der Waals surface area (Å²) in [5.74, 6) is 0. The van der Waals surface area contributed by atoms with Crippen molar-refractivity contribution < 1.29 is 4.84 Å². The van der Waals surface area contributed by atoms with Crippen LogP contribution in [0.15, 0.2) is 30.3 Å². The third-order valence-electron chi connectivity index (χ3n) is 3.78. The second-order valence-corrected chi connectivity index (χ2v) is 4.94. The molecule has 2 aliphatic rings. The van der Waals surface area contributed by atoms with Gasteiger partial charge in [0.2, 0.25) is 0 Å². The first kappa shape index (κ1) is 10.3. The van der Waals surface area contributed by atoms with Crippen molar-refractivity contribution in [3.05, 3.63) is 35.9 Å². The topological polar surface area (TPSA) is 15.5 Å². The lowest BCUT2D eigenvalue weighted by atomic mass is 9.93. The first-order valence-electron chi connectivity index (χ1n) is 6.40. The van der Waals surface area contributed by atoms with Crippen LogP contribution in [0.1, 0.15) is 37.7 Å². The Bertz CT molecular complexity index is 343. The summed E-state index contributed by atoms with van der Waals surface area (Å²) in [4.78, 5) is 5.80. The van der Waals surface area contributed by atoms with Crippen LogP contribution in [0.5, 0.6) is 0 Å². The van der Waals surface area contributed by atoms with Crippen molar-refractivity contribution in [2.45, 2.75) is 44.2 Å². The summed E-state index contributed by atoms with van der Waals surface area (Å²) < 4.78 is 0. The molecular formula is C14H19NO. The van der Waals surface area contributed by atoms with Crippen LogP contribution in [0.25, 0.3) is 0 Å². The van der Waals surface area contributed by atoms with Crippen LogP contribution in [0.2, 0.25) is 0 Å². The molecule has 3 rings (SSSR count). The minimum Gasteiger partial charge on any atom is -0.272 e. The molecule has 1 atom stereocenters. The Morgan fingerprint density at radius 3 is 2.56 bits per heavy atom. The Labute approximate surface area is 97.2 Å². The zero-order valence-corrected chi connectivity index (χ0v) is 9.69. The molecule has 0 aromatic heterocycles. The third kappa shape index (κ3) is 2.00. The molecule has 1 aliphatic carbocycles. The largest absolute Gasteiger partial charge is 0.272 e. The van der Waals surface area contributed by atoms with E-state index in [1.165, 1.54) is 37.7 Å². The van der Waals surface area contributed by atoms with Crippen LogP contribution in [0.3, 0.4) is 0 Å². The number of hydrogen-bond donors (Lipinski definition) is 0. The van der Waals surface area contributed by atoms with Gasteiger partial charge in [-0.25, -0.2) is 0 Å². The average Bonchev–Trinajstić information content (AvgIpc) is 3.01. The number of hydrogen-bond acceptors (Lipinski definition) is 2. The molecule has 2 nitrogen and oxygen atoms in total. The molecule has 86 valence electrons. The van der Waals surface area contributed by atoms with Crippen molar-refractivity contribution in [1.29, 1.82) is 0 Å². The van der Waals surface area contributed by atoms with E-state index in [4.69, 9.17) is 4.84 Å². The molecule has 0 radical (unpaired) electrons. The van der Waals surface area contributed by atoms with E-state index in [9.17, 15) is 0 Å². The minimum atomic E-state index is 0.160. The first-order valence-corrected chi connectivity index (χ1v) is 6.40. The van der Waals surface area contributed by atoms with Crippen LogP contribution in [0.4, 0.5) is 0 Å². The zero-order valence-electron chi connectivity index (χ0n) is 9.69. The smallest absolute Gasteiger partial charge is 0.165 e. The standard InChI is InChI=1S/C14H19NO/c1-3-7-13(8-4-1)9-12-15-14(16-15)10-5-2-6-11-14/h1,3-4,7-8H,2,5-6,9-12H2. The van der Waals surface area contributed by atoms with Crippen molar-refractivity contribution in [2.75, 3.05) is 6.54 Å². The van der Waals surface area contributed by atoms with Gasteiger partial charge in [-0.05, 0) is 37.7 Å². The molecule has 0 bridgehead atoms. The molecule has 1 aromatic rings. The lowest BCUT2D eigenvalue weighted by Crippen LogP contribution is -2.23. The summed E-state index contributed by atoms with van der Waals surface area (Å²) in [5, 5.41) is 2.21. The first-order chi connectivity index (χ1) is 7.89. The van der Waals surface area contributed by atoms with E-state index in [0.29, 0.717) is 0 Å². The van der Waals surface area contributed by atoms with Gasteiger partial charge in [-0.15, -0.1) is 0 Å². The van der Waals surface area contributed by atoms with Gasteiger partial charge in [0, 0.05) is 6.54 Å². The second-order valence-electron chi connectivity index (χ2n) is 4.94. The number of rotatable bonds is 3. The van der Waals surface area contributed by atoms with Gasteiger partial charge in [0.05, 0.1) is 0 Å². The zero-order chi connectivity index (χ0) is 10.8. The predicted octanol–water partition coefficient (Wildman–Crippen LogP) is 3.14. The Kier molecular flexibility index (Phi) is 2.70. The van der Waals surface area contributed by atoms with E-state index in [1.54, 1.807) is 0 Å². The monoisotopic (exact) mass is 217 g/mol. The van der Waals surface area contributed by atoms with Crippen LogP contribution < -0.4 is 0 Å². The minimum absolute atomic E-state index is 0.160. The maximum Gasteiger partial charge on any atom is 0.165 e. The molecule has 16 heavy (non-hydrogen) atoms. The molecule has 1 saturated heterocycles. The quantitative estimate of drug-likeness (QED) is 0.723. The van der Waals surface area contributed by atoms with E-state index < -0.39 is 0 Å². The summed E-state index contributed by atoms with van der Waals surface area (Å²) in [6.07, 6.45) is 7.63. The Hall–Kier alpha value is -0.860. The molecule has 0 N–H and O–H groups in total. The Balaban J connectivity index is 1.51. The van der Waals surface area contributed by atoms with Crippen molar-refractivity contribution in [2.24, 2.45) is 0 Å². The van der Waals surface area contributed by atoms with Gasteiger partial charge in [0.15, 0.2) is 5.72 Å². The molecule has 2 heteroatoms. The van der Waals surface area contributed by atoms with E-state index >= 15 is 0 Å². The second kappa shape index (κ2) is 4.19. The van der Waals surface area contributed by atoms with E-state index in [1.807, 2.05) is 0 Å². The summed E-state index contributed by atoms with van der Waals surface area (Å²) in [7, 11) is 0. The maximum atomic E-state index is 5.80. The van der Waals surface area contributed by atoms with Crippen molar-refractivity contribution >= 4 is 0 Å². The van der Waals surface area contributed by atoms with Crippen molar-refractivity contribution in [1.82, 2.24) is 5.06 Å². The summed E-state index contributed by atoms with van der Waals surface area (Å²) in [6.45, 7) is 1.05. The lowest BCUT2D eigenvalue weighted by molar-refractivity contribution is 0.185. The SMILES string of the molecule is c1ccc(CCN2OC23CCCCC3)cc1. The summed E-state index contributed by atoms with van der Waals surface area (Å²) >= 11 is 0. The number of nitrogens with zero attached hydrogens (tertiary/aromatic N) is 1. The molecule has 1 heterocycles. The van der Waals surface area contributed by atoms with E-state index in [-0.39, 0.29) is 5.72 Å². The average molecular weight is 217 g/mol. The highest BCUT2D eigenvalue weighted by atomic mass is 16.9. The van der Waals surface area contributed by atoms with Crippen LogP contribution in [-0.2, 0) is 11.3 Å². The van der Waals surface area contributed by atoms with Gasteiger partial charge in [-0.2, -0.15) is 5.06 Å². The summed E-state index contributed by atoms with van der Waals surface area (Å²) in [6, 6.07) is 10.7. The predicted molar refractivity (Wildman–Crippen MR) is 63.8 cm³/mol. The van der Waals surface area contributed by atoms with Gasteiger partial charge >= 0.3 is 0 Å². The highest BCUT2D eigenvalue weighted by molar-refractivity contribution is 5.15.